The van der Waals surface area contributed by atoms with Crippen molar-refractivity contribution in [2.45, 2.75) is 39.0 Å². The fraction of sp³-hybridized carbons (Fsp3) is 0.368. The smallest absolute Gasteiger partial charge is 0.337 e. The van der Waals surface area contributed by atoms with Crippen LogP contribution in [-0.2, 0) is 6.42 Å². The molecule has 1 aliphatic rings. The van der Waals surface area contributed by atoms with Crippen LogP contribution >= 0.6 is 11.3 Å². The molecule has 0 amide bonds. The van der Waals surface area contributed by atoms with Gasteiger partial charge in [-0.25, -0.2) is 4.79 Å². The molecule has 4 rings (SSSR count). The molecular formula is C19H19N3O4S. The van der Waals surface area contributed by atoms with Gasteiger partial charge in [0.2, 0.25) is 5.71 Å². The summed E-state index contributed by atoms with van der Waals surface area (Å²) in [6.07, 6.45) is 5.27. The number of hydrogen-bond acceptors (Lipinski definition) is 7. The number of fused-ring (bicyclic) bond motifs is 1. The minimum atomic E-state index is -0.522. The van der Waals surface area contributed by atoms with Crippen molar-refractivity contribution < 1.29 is 9.25 Å². The van der Waals surface area contributed by atoms with E-state index in [4.69, 9.17) is 9.25 Å². The van der Waals surface area contributed by atoms with Gasteiger partial charge in [0.05, 0.1) is 5.71 Å². The van der Waals surface area contributed by atoms with Crippen LogP contribution in [0.25, 0.3) is 11.1 Å². The number of hydrogen-bond donors (Lipinski definition) is 1. The number of nitrogens with zero attached hydrogens (tertiary/aromatic N) is 2. The van der Waals surface area contributed by atoms with Gasteiger partial charge in [0.15, 0.2) is 0 Å². The van der Waals surface area contributed by atoms with Crippen LogP contribution in [0.15, 0.2) is 42.1 Å². The van der Waals surface area contributed by atoms with Crippen LogP contribution in [-0.4, -0.2) is 15.7 Å². The molecule has 0 bridgehead atoms. The molecule has 0 saturated heterocycles. The summed E-state index contributed by atoms with van der Waals surface area (Å²) in [6, 6.07) is 3.18. The van der Waals surface area contributed by atoms with Crippen molar-refractivity contribution >= 4 is 28.1 Å². The SMILES string of the molecule is CC(=NOc1nc2oc(=O)cc(CCCC3CC3)c2c(=O)[nH]1)c1ccsc1. The van der Waals surface area contributed by atoms with E-state index in [2.05, 4.69) is 15.1 Å². The predicted octanol–water partition coefficient (Wildman–Crippen LogP) is 3.47. The molecule has 3 aromatic heterocycles. The van der Waals surface area contributed by atoms with Gasteiger partial charge in [0.25, 0.3) is 5.56 Å². The molecule has 1 fully saturated rings. The molecule has 0 atom stereocenters. The first-order valence-electron chi connectivity index (χ1n) is 8.91. The maximum Gasteiger partial charge on any atom is 0.337 e. The van der Waals surface area contributed by atoms with Gasteiger partial charge in [0.1, 0.15) is 5.39 Å². The van der Waals surface area contributed by atoms with Crippen LogP contribution < -0.4 is 16.0 Å². The summed E-state index contributed by atoms with van der Waals surface area (Å²) in [5, 5.41) is 8.15. The molecule has 1 saturated carbocycles. The van der Waals surface area contributed by atoms with Gasteiger partial charge in [0, 0.05) is 11.6 Å². The first-order valence-corrected chi connectivity index (χ1v) is 9.85. The molecule has 0 radical (unpaired) electrons. The number of nitrogens with one attached hydrogen (secondary N) is 1. The molecule has 1 N–H and O–H groups in total. The average Bonchev–Trinajstić information content (AvgIpc) is 3.29. The summed E-state index contributed by atoms with van der Waals surface area (Å²) < 4.78 is 5.13. The monoisotopic (exact) mass is 385 g/mol. The maximum absolute atomic E-state index is 12.5. The third kappa shape index (κ3) is 4.16. The van der Waals surface area contributed by atoms with Crippen molar-refractivity contribution in [2.75, 3.05) is 0 Å². The van der Waals surface area contributed by atoms with Crippen LogP contribution in [0.5, 0.6) is 6.01 Å². The largest absolute Gasteiger partial charge is 0.403 e. The summed E-state index contributed by atoms with van der Waals surface area (Å²) in [5.74, 6) is 0.803. The Balaban J connectivity index is 1.61. The maximum atomic E-state index is 12.5. The summed E-state index contributed by atoms with van der Waals surface area (Å²) in [4.78, 5) is 36.3. The molecular weight excluding hydrogens is 366 g/mol. The van der Waals surface area contributed by atoms with E-state index in [0.29, 0.717) is 23.1 Å². The third-order valence-electron chi connectivity index (χ3n) is 4.64. The van der Waals surface area contributed by atoms with Crippen LogP contribution in [0.2, 0.25) is 0 Å². The molecule has 140 valence electrons. The molecule has 1 aliphatic carbocycles. The Kier molecular flexibility index (Phi) is 4.89. The van der Waals surface area contributed by atoms with Crippen molar-refractivity contribution in [1.29, 1.82) is 0 Å². The zero-order valence-electron chi connectivity index (χ0n) is 14.9. The van der Waals surface area contributed by atoms with Crippen LogP contribution in [0.1, 0.15) is 43.7 Å². The Labute approximate surface area is 158 Å². The number of H-pyrrole nitrogens is 1. The van der Waals surface area contributed by atoms with Crippen molar-refractivity contribution in [3.8, 4) is 6.01 Å². The van der Waals surface area contributed by atoms with Gasteiger partial charge in [-0.3, -0.25) is 9.78 Å². The molecule has 8 heteroatoms. The van der Waals surface area contributed by atoms with Crippen molar-refractivity contribution in [3.63, 3.8) is 0 Å². The fourth-order valence-electron chi connectivity index (χ4n) is 2.99. The second kappa shape index (κ2) is 7.48. The highest BCUT2D eigenvalue weighted by atomic mass is 32.1. The van der Waals surface area contributed by atoms with Gasteiger partial charge in [-0.1, -0.05) is 24.4 Å². The first kappa shape index (κ1) is 17.7. The fourth-order valence-corrected chi connectivity index (χ4v) is 3.69. The summed E-state index contributed by atoms with van der Waals surface area (Å²) in [6.45, 7) is 1.79. The zero-order chi connectivity index (χ0) is 18.8. The summed E-state index contributed by atoms with van der Waals surface area (Å²) >= 11 is 1.55. The number of aromatic nitrogens is 2. The Hall–Kier alpha value is -2.74. The minimum absolute atomic E-state index is 0.0222. The standard InChI is InChI=1S/C19H19N3O4S/c1-11(14-7-8-27-10-14)22-26-19-20-17(24)16-13(4-2-3-12-5-6-12)9-15(23)25-18(16)21-19/h7-10,12H,2-6H2,1H3,(H,20,21,24). The average molecular weight is 385 g/mol. The summed E-state index contributed by atoms with van der Waals surface area (Å²) in [7, 11) is 0. The van der Waals surface area contributed by atoms with E-state index in [9.17, 15) is 9.59 Å². The van der Waals surface area contributed by atoms with E-state index in [1.807, 2.05) is 16.8 Å². The van der Waals surface area contributed by atoms with E-state index in [1.54, 1.807) is 18.3 Å². The molecule has 27 heavy (non-hydrogen) atoms. The lowest BCUT2D eigenvalue weighted by molar-refractivity contribution is 0.311. The first-order chi connectivity index (χ1) is 13.1. The lowest BCUT2D eigenvalue weighted by Crippen LogP contribution is -2.15. The number of rotatable bonds is 7. The molecule has 0 spiro atoms. The zero-order valence-corrected chi connectivity index (χ0v) is 15.7. The number of aromatic amines is 1. The third-order valence-corrected chi connectivity index (χ3v) is 5.32. The molecule has 3 aromatic rings. The molecule has 0 unspecified atom stereocenters. The van der Waals surface area contributed by atoms with Gasteiger partial charge in [-0.2, -0.15) is 16.3 Å². The normalized spacial score (nSPS) is 14.6. The topological polar surface area (TPSA) is 97.5 Å². The van der Waals surface area contributed by atoms with Gasteiger partial charge >= 0.3 is 11.6 Å². The van der Waals surface area contributed by atoms with Crippen LogP contribution in [0, 0.1) is 5.92 Å². The van der Waals surface area contributed by atoms with Crippen molar-refractivity contribution in [2.24, 2.45) is 11.1 Å². The number of aryl methyl sites for hydroxylation is 1. The molecule has 3 heterocycles. The highest BCUT2D eigenvalue weighted by molar-refractivity contribution is 7.08. The Morgan fingerprint density at radius 3 is 3.04 bits per heavy atom. The van der Waals surface area contributed by atoms with E-state index in [0.717, 1.165) is 24.3 Å². The van der Waals surface area contributed by atoms with E-state index in [-0.39, 0.29) is 11.7 Å². The lowest BCUT2D eigenvalue weighted by Gasteiger charge is -2.05. The van der Waals surface area contributed by atoms with E-state index < -0.39 is 11.2 Å². The summed E-state index contributed by atoms with van der Waals surface area (Å²) in [5.41, 5.74) is 1.29. The second-order valence-electron chi connectivity index (χ2n) is 6.76. The van der Waals surface area contributed by atoms with E-state index in [1.165, 1.54) is 18.9 Å². The molecule has 7 nitrogen and oxygen atoms in total. The van der Waals surface area contributed by atoms with Gasteiger partial charge in [-0.05, 0) is 48.1 Å². The van der Waals surface area contributed by atoms with Gasteiger partial charge in [-0.15, -0.1) is 0 Å². The van der Waals surface area contributed by atoms with Crippen molar-refractivity contribution in [3.05, 3.63) is 54.8 Å². The number of thiophene rings is 1. The van der Waals surface area contributed by atoms with Gasteiger partial charge < -0.3 is 9.25 Å². The van der Waals surface area contributed by atoms with E-state index >= 15 is 0 Å². The molecule has 0 aromatic carbocycles. The van der Waals surface area contributed by atoms with Crippen LogP contribution in [0.4, 0.5) is 0 Å². The Morgan fingerprint density at radius 1 is 1.44 bits per heavy atom. The number of oxime groups is 1. The van der Waals surface area contributed by atoms with Crippen molar-refractivity contribution in [1.82, 2.24) is 9.97 Å². The Bertz CT molecular complexity index is 1090. The Morgan fingerprint density at radius 2 is 2.30 bits per heavy atom. The lowest BCUT2D eigenvalue weighted by atomic mass is 10.1. The minimum Gasteiger partial charge on any atom is -0.403 e. The highest BCUT2D eigenvalue weighted by Gasteiger charge is 2.21. The van der Waals surface area contributed by atoms with Crippen LogP contribution in [0.3, 0.4) is 0 Å². The quantitative estimate of drug-likeness (QED) is 0.496. The predicted molar refractivity (Wildman–Crippen MR) is 104 cm³/mol. The molecule has 0 aliphatic heterocycles. The second-order valence-corrected chi connectivity index (χ2v) is 7.54. The highest BCUT2D eigenvalue weighted by Crippen LogP contribution is 2.34.